The molecule has 2 aromatic heterocycles. The van der Waals surface area contributed by atoms with Gasteiger partial charge in [-0.05, 0) is 85.3 Å². The molecular formula is C28H23F3N4O3S. The lowest BCUT2D eigenvalue weighted by molar-refractivity contribution is 0.0394. The molecule has 0 amide bonds. The van der Waals surface area contributed by atoms with Crippen molar-refractivity contribution in [1.82, 2.24) is 19.1 Å². The number of nitrogens with zero attached hydrogens (tertiary/aromatic N) is 4. The lowest BCUT2D eigenvalue weighted by atomic mass is 9.60. The topological polar surface area (TPSA) is 85.2 Å². The zero-order valence-corrected chi connectivity index (χ0v) is 21.4. The summed E-state index contributed by atoms with van der Waals surface area (Å²) in [5.74, 6) is -3.30. The molecule has 0 saturated carbocycles. The Morgan fingerprint density at radius 1 is 1.00 bits per heavy atom. The van der Waals surface area contributed by atoms with Gasteiger partial charge in [-0.15, -0.1) is 0 Å². The highest BCUT2D eigenvalue weighted by Crippen LogP contribution is 2.48. The van der Waals surface area contributed by atoms with Gasteiger partial charge < -0.3 is 0 Å². The number of piperidine rings is 1. The summed E-state index contributed by atoms with van der Waals surface area (Å²) in [7, 11) is -4.23. The number of rotatable bonds is 5. The predicted octanol–water partition coefficient (Wildman–Crippen LogP) is 4.36. The highest BCUT2D eigenvalue weighted by Gasteiger charge is 2.54. The number of benzene rings is 2. The Morgan fingerprint density at radius 3 is 2.51 bits per heavy atom. The number of halogens is 3. The van der Waals surface area contributed by atoms with E-state index >= 15 is 0 Å². The van der Waals surface area contributed by atoms with Crippen molar-refractivity contribution < 1.29 is 26.4 Å². The molecule has 3 heterocycles. The van der Waals surface area contributed by atoms with Crippen LogP contribution in [0.2, 0.25) is 0 Å². The van der Waals surface area contributed by atoms with E-state index < -0.39 is 27.1 Å². The number of pyridine rings is 1. The van der Waals surface area contributed by atoms with E-state index in [1.54, 1.807) is 41.2 Å². The Balaban J connectivity index is 1.42. The first-order valence-corrected chi connectivity index (χ1v) is 13.9. The van der Waals surface area contributed by atoms with Crippen LogP contribution in [-0.4, -0.2) is 46.4 Å². The molecule has 2 unspecified atom stereocenters. The van der Waals surface area contributed by atoms with Gasteiger partial charge in [-0.2, -0.15) is 9.40 Å². The van der Waals surface area contributed by atoms with Gasteiger partial charge >= 0.3 is 0 Å². The largest absolute Gasteiger partial charge is 0.292 e. The standard InChI is InChI=1S/C28H23F3N4O3S/c29-20-4-6-21(7-5-20)35-26-13-19-10-12-34(39(37,38)22-8-9-23(30)24(31)14-22)17-28(19,15-18(26)16-33-35)27(36)25-3-1-2-11-32-25/h1-9,11,14,16,19H,10,12-13,15,17H2. The van der Waals surface area contributed by atoms with Gasteiger partial charge in [-0.3, -0.25) is 9.78 Å². The number of Topliss-reactive ketones (excluding diaryl/α,β-unsaturated/α-hetero) is 1. The number of fused-ring (bicyclic) bond motifs is 2. The Labute approximate surface area is 223 Å². The van der Waals surface area contributed by atoms with Crippen molar-refractivity contribution in [1.29, 1.82) is 0 Å². The highest BCUT2D eigenvalue weighted by molar-refractivity contribution is 7.89. The first kappa shape index (κ1) is 25.4. The van der Waals surface area contributed by atoms with Crippen LogP contribution in [0.1, 0.15) is 28.2 Å². The summed E-state index contributed by atoms with van der Waals surface area (Å²) in [6.45, 7) is -0.0428. The van der Waals surface area contributed by atoms with E-state index in [1.807, 2.05) is 0 Å². The van der Waals surface area contributed by atoms with Crippen molar-refractivity contribution in [2.45, 2.75) is 24.2 Å². The first-order valence-electron chi connectivity index (χ1n) is 12.4. The van der Waals surface area contributed by atoms with Gasteiger partial charge in [0.05, 0.1) is 22.2 Å². The van der Waals surface area contributed by atoms with Gasteiger partial charge in [0.1, 0.15) is 11.5 Å². The van der Waals surface area contributed by atoms with Gasteiger partial charge in [0.25, 0.3) is 0 Å². The summed E-state index contributed by atoms with van der Waals surface area (Å²) < 4.78 is 71.0. The van der Waals surface area contributed by atoms with E-state index in [2.05, 4.69) is 10.1 Å². The summed E-state index contributed by atoms with van der Waals surface area (Å²) in [4.78, 5) is 18.0. The first-order chi connectivity index (χ1) is 18.7. The van der Waals surface area contributed by atoms with Crippen LogP contribution in [-0.2, 0) is 22.9 Å². The Kier molecular flexibility index (Phi) is 6.15. The lowest BCUT2D eigenvalue weighted by Gasteiger charge is -2.49. The number of aromatic nitrogens is 3. The highest BCUT2D eigenvalue weighted by atomic mass is 32.2. The number of hydrogen-bond acceptors (Lipinski definition) is 5. The number of ketones is 1. The molecule has 7 nitrogen and oxygen atoms in total. The average Bonchev–Trinajstić information content (AvgIpc) is 3.35. The van der Waals surface area contributed by atoms with Crippen LogP contribution in [0, 0.1) is 28.8 Å². The quantitative estimate of drug-likeness (QED) is 0.344. The maximum atomic E-state index is 14.1. The van der Waals surface area contributed by atoms with Crippen molar-refractivity contribution in [2.75, 3.05) is 13.1 Å². The van der Waals surface area contributed by atoms with E-state index in [4.69, 9.17) is 0 Å². The fraction of sp³-hybridized carbons (Fsp3) is 0.250. The maximum absolute atomic E-state index is 14.1. The van der Waals surface area contributed by atoms with E-state index in [9.17, 15) is 26.4 Å². The van der Waals surface area contributed by atoms with E-state index in [-0.39, 0.29) is 47.6 Å². The third-order valence-corrected chi connectivity index (χ3v) is 9.66. The molecule has 0 bridgehead atoms. The van der Waals surface area contributed by atoms with E-state index in [1.165, 1.54) is 22.6 Å². The van der Waals surface area contributed by atoms with Crippen LogP contribution in [0.25, 0.3) is 5.69 Å². The Hall–Kier alpha value is -3.83. The van der Waals surface area contributed by atoms with Crippen molar-refractivity contribution in [3.8, 4) is 5.69 Å². The number of sulfonamides is 1. The zero-order valence-electron chi connectivity index (χ0n) is 20.6. The molecule has 11 heteroatoms. The number of carbonyl (C=O) groups excluding carboxylic acids is 1. The van der Waals surface area contributed by atoms with Crippen LogP contribution >= 0.6 is 0 Å². The summed E-state index contributed by atoms with van der Waals surface area (Å²) in [5, 5.41) is 4.51. The molecule has 2 atom stereocenters. The van der Waals surface area contributed by atoms with Crippen LogP contribution in [0.4, 0.5) is 13.2 Å². The molecule has 1 fully saturated rings. The molecule has 2 aromatic carbocycles. The SMILES string of the molecule is O=C(c1ccccn1)C12Cc3cnn(-c4ccc(F)cc4)c3CC1CCN(S(=O)(=O)c1ccc(F)c(F)c1)C2. The Bertz CT molecular complexity index is 1680. The molecule has 1 aliphatic heterocycles. The van der Waals surface area contributed by atoms with Crippen molar-refractivity contribution in [2.24, 2.45) is 11.3 Å². The summed E-state index contributed by atoms with van der Waals surface area (Å²) in [5.41, 5.74) is 1.42. The van der Waals surface area contributed by atoms with Gasteiger partial charge in [-0.1, -0.05) is 6.07 Å². The molecule has 6 rings (SSSR count). The fourth-order valence-corrected chi connectivity index (χ4v) is 7.37. The van der Waals surface area contributed by atoms with Gasteiger partial charge in [0.15, 0.2) is 17.4 Å². The van der Waals surface area contributed by atoms with Crippen molar-refractivity contribution in [3.05, 3.63) is 107 Å². The molecule has 0 N–H and O–H groups in total. The Morgan fingerprint density at radius 2 is 1.79 bits per heavy atom. The molecule has 1 saturated heterocycles. The normalized spacial score (nSPS) is 21.3. The minimum Gasteiger partial charge on any atom is -0.292 e. The molecule has 200 valence electrons. The molecule has 0 spiro atoms. The second-order valence-electron chi connectivity index (χ2n) is 9.99. The third-order valence-electron chi connectivity index (χ3n) is 7.82. The fourth-order valence-electron chi connectivity index (χ4n) is 5.83. The summed E-state index contributed by atoms with van der Waals surface area (Å²) in [6, 6.07) is 13.4. The molecule has 1 aliphatic carbocycles. The second kappa shape index (κ2) is 9.42. The van der Waals surface area contributed by atoms with Crippen molar-refractivity contribution in [3.63, 3.8) is 0 Å². The van der Waals surface area contributed by atoms with E-state index in [0.29, 0.717) is 24.6 Å². The minimum absolute atomic E-state index is 0.100. The van der Waals surface area contributed by atoms with Crippen molar-refractivity contribution >= 4 is 15.8 Å². The maximum Gasteiger partial charge on any atom is 0.243 e. The molecule has 4 aromatic rings. The van der Waals surface area contributed by atoms with Crippen LogP contribution in [0.3, 0.4) is 0 Å². The van der Waals surface area contributed by atoms with Gasteiger partial charge in [0, 0.05) is 25.0 Å². The number of hydrogen-bond donors (Lipinski definition) is 0. The minimum atomic E-state index is -4.23. The monoisotopic (exact) mass is 552 g/mol. The molecule has 2 aliphatic rings. The zero-order chi connectivity index (χ0) is 27.4. The van der Waals surface area contributed by atoms with Gasteiger partial charge in [0.2, 0.25) is 10.0 Å². The third kappa shape index (κ3) is 4.25. The summed E-state index contributed by atoms with van der Waals surface area (Å²) in [6.07, 6.45) is 4.19. The summed E-state index contributed by atoms with van der Waals surface area (Å²) >= 11 is 0. The molecule has 0 radical (unpaired) electrons. The number of carbonyl (C=O) groups is 1. The lowest BCUT2D eigenvalue weighted by Crippen LogP contribution is -2.57. The predicted molar refractivity (Wildman–Crippen MR) is 135 cm³/mol. The smallest absolute Gasteiger partial charge is 0.243 e. The molecule has 39 heavy (non-hydrogen) atoms. The van der Waals surface area contributed by atoms with Crippen LogP contribution in [0.5, 0.6) is 0 Å². The second-order valence-corrected chi connectivity index (χ2v) is 11.9. The average molecular weight is 553 g/mol. The van der Waals surface area contributed by atoms with Crippen LogP contribution in [0.15, 0.2) is 78.0 Å². The van der Waals surface area contributed by atoms with Crippen LogP contribution < -0.4 is 0 Å². The van der Waals surface area contributed by atoms with E-state index in [0.717, 1.165) is 23.4 Å². The molecular weight excluding hydrogens is 529 g/mol. The van der Waals surface area contributed by atoms with Gasteiger partial charge in [-0.25, -0.2) is 26.3 Å².